The SMILES string of the molecule is O=C(Nc1ccc(Nc2ccccc2)cc1)c1cccc(Nc2ccnc3ccc(C#CC(F)(F)F)cc23)c1. The van der Waals surface area contributed by atoms with E-state index >= 15 is 0 Å². The zero-order chi connectivity index (χ0) is 27.2. The van der Waals surface area contributed by atoms with E-state index in [2.05, 4.69) is 26.9 Å². The number of nitrogens with zero attached hydrogens (tertiary/aromatic N) is 1. The lowest BCUT2D eigenvalue weighted by molar-refractivity contribution is -0.0696. The van der Waals surface area contributed by atoms with Gasteiger partial charge in [-0.1, -0.05) is 30.2 Å². The molecule has 3 N–H and O–H groups in total. The van der Waals surface area contributed by atoms with Crippen LogP contribution >= 0.6 is 0 Å². The number of alkyl halides is 3. The molecule has 0 aliphatic carbocycles. The summed E-state index contributed by atoms with van der Waals surface area (Å²) in [7, 11) is 0. The first-order valence-electron chi connectivity index (χ1n) is 11.9. The molecule has 0 aliphatic heterocycles. The molecule has 1 heterocycles. The Hall–Kier alpha value is -5.29. The molecule has 8 heteroatoms. The number of carbonyl (C=O) groups excluding carboxylic acids is 1. The minimum absolute atomic E-state index is 0.217. The van der Waals surface area contributed by atoms with E-state index in [-0.39, 0.29) is 11.5 Å². The quantitative estimate of drug-likeness (QED) is 0.199. The van der Waals surface area contributed by atoms with Crippen LogP contribution in [0.1, 0.15) is 15.9 Å². The highest BCUT2D eigenvalue weighted by atomic mass is 19.4. The van der Waals surface area contributed by atoms with Gasteiger partial charge in [-0.05, 0) is 78.9 Å². The molecule has 0 spiro atoms. The van der Waals surface area contributed by atoms with E-state index in [1.54, 1.807) is 48.7 Å². The maximum absolute atomic E-state index is 12.9. The van der Waals surface area contributed by atoms with Gasteiger partial charge in [-0.3, -0.25) is 9.78 Å². The van der Waals surface area contributed by atoms with Crippen molar-refractivity contribution in [1.82, 2.24) is 4.98 Å². The number of pyridine rings is 1. The number of halogens is 3. The van der Waals surface area contributed by atoms with E-state index in [0.29, 0.717) is 33.5 Å². The molecule has 0 saturated heterocycles. The standard InChI is InChI=1S/C31H21F3N4O/c32-31(33,34)17-15-21-9-14-28-27(19-21)29(16-18-35-28)37-26-8-4-5-22(20-26)30(39)38-25-12-10-24(11-13-25)36-23-6-2-1-3-7-23/h1-14,16,18-20,36H,(H,35,37)(H,38,39). The molecular weight excluding hydrogens is 501 g/mol. The van der Waals surface area contributed by atoms with Crippen LogP contribution < -0.4 is 16.0 Å². The molecule has 5 aromatic rings. The third kappa shape index (κ3) is 6.73. The fraction of sp³-hybridized carbons (Fsp3) is 0.0323. The topological polar surface area (TPSA) is 66.1 Å². The average molecular weight is 523 g/mol. The van der Waals surface area contributed by atoms with Gasteiger partial charge in [0.2, 0.25) is 0 Å². The molecule has 1 amide bonds. The Morgan fingerprint density at radius 1 is 0.718 bits per heavy atom. The largest absolute Gasteiger partial charge is 0.458 e. The number of hydrogen-bond acceptors (Lipinski definition) is 4. The van der Waals surface area contributed by atoms with Crippen molar-refractivity contribution in [1.29, 1.82) is 0 Å². The van der Waals surface area contributed by atoms with Crippen molar-refractivity contribution in [3.8, 4) is 11.8 Å². The molecule has 5 nitrogen and oxygen atoms in total. The zero-order valence-corrected chi connectivity index (χ0v) is 20.4. The normalized spacial score (nSPS) is 10.8. The van der Waals surface area contributed by atoms with Crippen molar-refractivity contribution in [2.45, 2.75) is 6.18 Å². The van der Waals surface area contributed by atoms with Crippen LogP contribution in [0.3, 0.4) is 0 Å². The Bertz CT molecular complexity index is 1690. The number of amides is 1. The van der Waals surface area contributed by atoms with Gasteiger partial charge in [0, 0.05) is 57.1 Å². The summed E-state index contributed by atoms with van der Waals surface area (Å²) in [6, 6.07) is 30.4. The van der Waals surface area contributed by atoms with Gasteiger partial charge in [-0.25, -0.2) is 0 Å². The summed E-state index contributed by atoms with van der Waals surface area (Å²) in [6.45, 7) is 0. The summed E-state index contributed by atoms with van der Waals surface area (Å²) in [5, 5.41) is 10.0. The predicted octanol–water partition coefficient (Wildman–Crippen LogP) is 7.89. The lowest BCUT2D eigenvalue weighted by atomic mass is 10.1. The van der Waals surface area contributed by atoms with Crippen LogP contribution in [-0.2, 0) is 0 Å². The van der Waals surface area contributed by atoms with Gasteiger partial charge < -0.3 is 16.0 Å². The van der Waals surface area contributed by atoms with Gasteiger partial charge in [0.1, 0.15) is 0 Å². The van der Waals surface area contributed by atoms with Crippen LogP contribution in [0.4, 0.5) is 41.6 Å². The lowest BCUT2D eigenvalue weighted by Gasteiger charge is -2.12. The molecule has 0 unspecified atom stereocenters. The molecule has 4 aromatic carbocycles. The molecule has 0 bridgehead atoms. The lowest BCUT2D eigenvalue weighted by Crippen LogP contribution is -2.12. The van der Waals surface area contributed by atoms with Crippen LogP contribution in [0.2, 0.25) is 0 Å². The van der Waals surface area contributed by atoms with Crippen LogP contribution in [0.25, 0.3) is 10.9 Å². The molecule has 5 rings (SSSR count). The van der Waals surface area contributed by atoms with Gasteiger partial charge in [-0.15, -0.1) is 0 Å². The van der Waals surface area contributed by atoms with E-state index in [4.69, 9.17) is 0 Å². The molecule has 0 atom stereocenters. The van der Waals surface area contributed by atoms with Crippen LogP contribution in [0.5, 0.6) is 0 Å². The van der Waals surface area contributed by atoms with Gasteiger partial charge >= 0.3 is 6.18 Å². The molecule has 192 valence electrons. The molecule has 0 saturated carbocycles. The minimum Gasteiger partial charge on any atom is -0.356 e. The summed E-state index contributed by atoms with van der Waals surface area (Å²) in [6.07, 6.45) is -2.98. The Balaban J connectivity index is 1.30. The second-order valence-corrected chi connectivity index (χ2v) is 8.57. The predicted molar refractivity (Wildman–Crippen MR) is 149 cm³/mol. The monoisotopic (exact) mass is 522 g/mol. The highest BCUT2D eigenvalue weighted by Crippen LogP contribution is 2.27. The number of benzene rings is 4. The molecule has 0 fully saturated rings. The minimum atomic E-state index is -4.58. The summed E-state index contributed by atoms with van der Waals surface area (Å²) < 4.78 is 37.6. The van der Waals surface area contributed by atoms with Gasteiger partial charge in [0.15, 0.2) is 0 Å². The Morgan fingerprint density at radius 3 is 2.21 bits per heavy atom. The number of anilines is 5. The van der Waals surface area contributed by atoms with Crippen molar-refractivity contribution in [2.75, 3.05) is 16.0 Å². The first kappa shape index (κ1) is 25.4. The first-order chi connectivity index (χ1) is 18.8. The van der Waals surface area contributed by atoms with Crippen LogP contribution in [0, 0.1) is 11.8 Å². The van der Waals surface area contributed by atoms with E-state index in [9.17, 15) is 18.0 Å². The highest BCUT2D eigenvalue weighted by molar-refractivity contribution is 6.05. The number of para-hydroxylation sites is 1. The van der Waals surface area contributed by atoms with Crippen LogP contribution in [-0.4, -0.2) is 17.1 Å². The molecule has 1 aromatic heterocycles. The summed E-state index contributed by atoms with van der Waals surface area (Å²) in [5.41, 5.74) is 4.99. The Morgan fingerprint density at radius 2 is 1.44 bits per heavy atom. The third-order valence-electron chi connectivity index (χ3n) is 5.70. The Kier molecular flexibility index (Phi) is 7.15. The number of nitrogens with one attached hydrogen (secondary N) is 3. The molecular formula is C31H21F3N4O. The third-order valence-corrected chi connectivity index (χ3v) is 5.70. The maximum Gasteiger partial charge on any atom is 0.458 e. The zero-order valence-electron chi connectivity index (χ0n) is 20.4. The summed E-state index contributed by atoms with van der Waals surface area (Å²) in [4.78, 5) is 17.2. The number of aromatic nitrogens is 1. The van der Waals surface area contributed by atoms with Crippen molar-refractivity contribution in [3.05, 3.63) is 120 Å². The van der Waals surface area contributed by atoms with Crippen molar-refractivity contribution >= 4 is 45.2 Å². The van der Waals surface area contributed by atoms with Crippen LogP contribution in [0.15, 0.2) is 109 Å². The maximum atomic E-state index is 12.9. The van der Waals surface area contributed by atoms with Gasteiger partial charge in [0.25, 0.3) is 5.91 Å². The van der Waals surface area contributed by atoms with Crippen molar-refractivity contribution < 1.29 is 18.0 Å². The summed E-state index contributed by atoms with van der Waals surface area (Å²) in [5.74, 6) is 3.14. The Labute approximate surface area is 222 Å². The number of hydrogen-bond donors (Lipinski definition) is 3. The van der Waals surface area contributed by atoms with E-state index in [1.807, 2.05) is 54.6 Å². The van der Waals surface area contributed by atoms with E-state index in [1.165, 1.54) is 12.0 Å². The molecule has 0 aliphatic rings. The van der Waals surface area contributed by atoms with E-state index in [0.717, 1.165) is 11.4 Å². The van der Waals surface area contributed by atoms with Gasteiger partial charge in [-0.2, -0.15) is 13.2 Å². The van der Waals surface area contributed by atoms with E-state index < -0.39 is 6.18 Å². The fourth-order valence-corrected chi connectivity index (χ4v) is 3.90. The molecule has 0 radical (unpaired) electrons. The molecule has 39 heavy (non-hydrogen) atoms. The van der Waals surface area contributed by atoms with Crippen molar-refractivity contribution in [2.24, 2.45) is 0 Å². The smallest absolute Gasteiger partial charge is 0.356 e. The average Bonchev–Trinajstić information content (AvgIpc) is 2.93. The number of carbonyl (C=O) groups is 1. The van der Waals surface area contributed by atoms with Gasteiger partial charge in [0.05, 0.1) is 5.52 Å². The number of fused-ring (bicyclic) bond motifs is 1. The number of rotatable bonds is 6. The summed E-state index contributed by atoms with van der Waals surface area (Å²) >= 11 is 0. The van der Waals surface area contributed by atoms with Crippen molar-refractivity contribution in [3.63, 3.8) is 0 Å². The first-order valence-corrected chi connectivity index (χ1v) is 11.9. The second-order valence-electron chi connectivity index (χ2n) is 8.57. The second kappa shape index (κ2) is 11.0. The fourth-order valence-electron chi connectivity index (χ4n) is 3.90. The highest BCUT2D eigenvalue weighted by Gasteiger charge is 2.23.